The zero-order valence-corrected chi connectivity index (χ0v) is 28.2. The molecule has 1 aliphatic carbocycles. The first-order valence-electron chi connectivity index (χ1n) is 16.0. The number of benzene rings is 2. The molecule has 0 amide bonds. The van der Waals surface area contributed by atoms with Crippen molar-refractivity contribution >= 4 is 41.4 Å². The van der Waals surface area contributed by atoms with Crippen LogP contribution < -0.4 is 4.90 Å². The van der Waals surface area contributed by atoms with Gasteiger partial charge < -0.3 is 9.80 Å². The highest BCUT2D eigenvalue weighted by Crippen LogP contribution is 2.31. The van der Waals surface area contributed by atoms with Gasteiger partial charge in [0, 0.05) is 87.6 Å². The summed E-state index contributed by atoms with van der Waals surface area (Å²) in [7, 11) is 4.20. The van der Waals surface area contributed by atoms with Crippen molar-refractivity contribution < 1.29 is 0 Å². The highest BCUT2D eigenvalue weighted by Gasteiger charge is 2.23. The van der Waals surface area contributed by atoms with E-state index in [4.69, 9.17) is 11.6 Å². The zero-order chi connectivity index (χ0) is 29.3. The Bertz CT molecular complexity index is 1140. The highest BCUT2D eigenvalue weighted by atomic mass is 35.5. The number of hydrogen-bond acceptors (Lipinski definition) is 7. The number of rotatable bonds is 7. The van der Waals surface area contributed by atoms with E-state index in [2.05, 4.69) is 79.8 Å². The lowest BCUT2D eigenvalue weighted by Crippen LogP contribution is -2.37. The zero-order valence-electron chi connectivity index (χ0n) is 25.8. The van der Waals surface area contributed by atoms with Gasteiger partial charge in [0.1, 0.15) is 0 Å². The van der Waals surface area contributed by atoms with E-state index in [0.29, 0.717) is 0 Å². The molecule has 2 heterocycles. The molecular weight excluding hydrogens is 578 g/mol. The second-order valence-electron chi connectivity index (χ2n) is 12.6. The molecule has 8 heteroatoms. The summed E-state index contributed by atoms with van der Waals surface area (Å²) in [5.41, 5.74) is 5.35. The quantitative estimate of drug-likeness (QED) is 0.226. The van der Waals surface area contributed by atoms with Crippen LogP contribution in [-0.4, -0.2) is 84.3 Å². The van der Waals surface area contributed by atoms with Gasteiger partial charge in [0.15, 0.2) is 0 Å². The molecule has 0 bridgehead atoms. The molecule has 2 aliphatic heterocycles. The van der Waals surface area contributed by atoms with Crippen LogP contribution in [0.3, 0.4) is 0 Å². The van der Waals surface area contributed by atoms with Gasteiger partial charge in [-0.25, -0.2) is 12.9 Å². The van der Waals surface area contributed by atoms with Crippen LogP contribution in [0, 0.1) is 5.92 Å². The molecule has 230 valence electrons. The topological polar surface area (TPSA) is 16.2 Å². The first-order valence-corrected chi connectivity index (χ1v) is 17.8. The fourth-order valence-electron chi connectivity index (χ4n) is 6.51. The van der Waals surface area contributed by atoms with Gasteiger partial charge in [0.2, 0.25) is 0 Å². The van der Waals surface area contributed by atoms with Crippen molar-refractivity contribution in [3.8, 4) is 0 Å². The summed E-state index contributed by atoms with van der Waals surface area (Å²) in [6, 6.07) is 15.4. The lowest BCUT2D eigenvalue weighted by Gasteiger charge is -2.35. The van der Waals surface area contributed by atoms with E-state index in [1.165, 1.54) is 91.9 Å². The maximum Gasteiger partial charge on any atom is 0.0408 e. The molecule has 2 fully saturated rings. The molecule has 42 heavy (non-hydrogen) atoms. The van der Waals surface area contributed by atoms with Crippen molar-refractivity contribution in [1.82, 2.24) is 17.8 Å². The summed E-state index contributed by atoms with van der Waals surface area (Å²) in [5.74, 6) is 0.888. The van der Waals surface area contributed by atoms with Crippen LogP contribution >= 0.6 is 35.7 Å². The Balaban J connectivity index is 1.25. The SMILES string of the molecule is C=C1CN(Sc2ccc(N(C)C)cc2)CCCN(CC2CCCCC2)CCCN(SN2CCc3cc(Cl)ccc3C2)C1. The predicted octanol–water partition coefficient (Wildman–Crippen LogP) is 7.87. The number of anilines is 1. The molecule has 0 radical (unpaired) electrons. The summed E-state index contributed by atoms with van der Waals surface area (Å²) >= 11 is 10.1. The van der Waals surface area contributed by atoms with Crippen molar-refractivity contribution in [2.45, 2.75) is 62.8 Å². The minimum atomic E-state index is 0.850. The van der Waals surface area contributed by atoms with Gasteiger partial charge in [-0.3, -0.25) is 0 Å². The maximum atomic E-state index is 6.28. The molecule has 3 aliphatic rings. The predicted molar refractivity (Wildman–Crippen MR) is 184 cm³/mol. The Morgan fingerprint density at radius 3 is 2.21 bits per heavy atom. The molecule has 0 spiro atoms. The first-order chi connectivity index (χ1) is 20.4. The first kappa shape index (κ1) is 32.2. The van der Waals surface area contributed by atoms with Crippen molar-refractivity contribution in [2.75, 3.05) is 71.4 Å². The summed E-state index contributed by atoms with van der Waals surface area (Å²) in [4.78, 5) is 6.26. The van der Waals surface area contributed by atoms with Crippen LogP contribution in [0.2, 0.25) is 5.02 Å². The average molecular weight is 628 g/mol. The standard InChI is InChI=1S/C34H50ClN5S2/c1-28-24-38(41-34-15-13-33(14-16-34)36(2)3)20-7-18-37(26-29-9-5-4-6-10-29)19-8-21-39(25-28)42-40-22-17-30-23-32(35)12-11-31(30)27-40/h11-16,23,29H,1,4-10,17-22,24-27H2,2-3H3. The second-order valence-corrected chi connectivity index (χ2v) is 15.4. The maximum absolute atomic E-state index is 6.28. The third-order valence-electron chi connectivity index (χ3n) is 8.77. The van der Waals surface area contributed by atoms with Crippen molar-refractivity contribution in [3.63, 3.8) is 0 Å². The molecule has 0 aromatic heterocycles. The minimum absolute atomic E-state index is 0.850. The van der Waals surface area contributed by atoms with Crippen LogP contribution in [0.25, 0.3) is 0 Å². The fraction of sp³-hybridized carbons (Fsp3) is 0.588. The van der Waals surface area contributed by atoms with Gasteiger partial charge in [-0.05, 0) is 116 Å². The van der Waals surface area contributed by atoms with E-state index in [0.717, 1.165) is 56.6 Å². The third kappa shape index (κ3) is 9.91. The molecule has 2 aromatic rings. The van der Waals surface area contributed by atoms with Gasteiger partial charge in [-0.1, -0.05) is 43.5 Å². The normalized spacial score (nSPS) is 21.5. The van der Waals surface area contributed by atoms with E-state index in [1.54, 1.807) is 0 Å². The molecule has 0 atom stereocenters. The number of halogens is 1. The minimum Gasteiger partial charge on any atom is -0.378 e. The Morgan fingerprint density at radius 1 is 0.786 bits per heavy atom. The van der Waals surface area contributed by atoms with Gasteiger partial charge in [-0.15, -0.1) is 0 Å². The van der Waals surface area contributed by atoms with Crippen LogP contribution in [0.5, 0.6) is 0 Å². The largest absolute Gasteiger partial charge is 0.378 e. The van der Waals surface area contributed by atoms with Crippen LogP contribution in [0.4, 0.5) is 5.69 Å². The van der Waals surface area contributed by atoms with Crippen molar-refractivity contribution in [2.24, 2.45) is 5.92 Å². The van der Waals surface area contributed by atoms with E-state index in [1.807, 2.05) is 30.1 Å². The lowest BCUT2D eigenvalue weighted by molar-refractivity contribution is 0.189. The summed E-state index contributed by atoms with van der Waals surface area (Å²) in [5, 5.41) is 0.850. The molecule has 5 nitrogen and oxygen atoms in total. The van der Waals surface area contributed by atoms with Crippen LogP contribution in [-0.2, 0) is 13.0 Å². The summed E-state index contributed by atoms with van der Waals surface area (Å²) in [6.07, 6.45) is 10.6. The summed E-state index contributed by atoms with van der Waals surface area (Å²) in [6.45, 7) is 14.3. The van der Waals surface area contributed by atoms with Crippen LogP contribution in [0.1, 0.15) is 56.1 Å². The lowest BCUT2D eigenvalue weighted by atomic mass is 9.89. The van der Waals surface area contributed by atoms with Gasteiger partial charge >= 0.3 is 0 Å². The second kappa shape index (κ2) is 16.2. The molecule has 2 aromatic carbocycles. The molecule has 0 N–H and O–H groups in total. The highest BCUT2D eigenvalue weighted by molar-refractivity contribution is 7.97. The van der Waals surface area contributed by atoms with Gasteiger partial charge in [0.25, 0.3) is 0 Å². The van der Waals surface area contributed by atoms with E-state index in [9.17, 15) is 0 Å². The van der Waals surface area contributed by atoms with Crippen molar-refractivity contribution in [3.05, 3.63) is 70.8 Å². The molecule has 1 saturated carbocycles. The number of hydrogen-bond donors (Lipinski definition) is 0. The van der Waals surface area contributed by atoms with Gasteiger partial charge in [0.05, 0.1) is 0 Å². The van der Waals surface area contributed by atoms with E-state index < -0.39 is 0 Å². The molecular formula is C34H50ClN5S2. The van der Waals surface area contributed by atoms with Gasteiger partial charge in [-0.2, -0.15) is 0 Å². The molecule has 1 saturated heterocycles. The Hall–Kier alpha value is -1.19. The monoisotopic (exact) mass is 627 g/mol. The fourth-order valence-corrected chi connectivity index (χ4v) is 8.87. The Morgan fingerprint density at radius 2 is 1.48 bits per heavy atom. The number of fused-ring (bicyclic) bond motifs is 1. The van der Waals surface area contributed by atoms with E-state index in [-0.39, 0.29) is 0 Å². The third-order valence-corrected chi connectivity index (χ3v) is 11.1. The molecule has 5 rings (SSSR count). The number of nitrogens with zero attached hydrogens (tertiary/aromatic N) is 5. The Labute approximate surface area is 269 Å². The Kier molecular flexibility index (Phi) is 12.4. The molecule has 0 unspecified atom stereocenters. The average Bonchev–Trinajstić information content (AvgIpc) is 2.97. The summed E-state index contributed by atoms with van der Waals surface area (Å²) < 4.78 is 7.67. The smallest absolute Gasteiger partial charge is 0.0408 e. The van der Waals surface area contributed by atoms with Crippen molar-refractivity contribution in [1.29, 1.82) is 0 Å². The van der Waals surface area contributed by atoms with E-state index >= 15 is 0 Å². The van der Waals surface area contributed by atoms with Crippen LogP contribution in [0.15, 0.2) is 59.5 Å².